The zero-order valence-electron chi connectivity index (χ0n) is 5.70. The van der Waals surface area contributed by atoms with Crippen molar-refractivity contribution in [2.75, 3.05) is 7.11 Å². The quantitative estimate of drug-likeness (QED) is 0.619. The highest BCUT2D eigenvalue weighted by molar-refractivity contribution is 5.98. The van der Waals surface area contributed by atoms with E-state index in [1.54, 1.807) is 13.2 Å². The second-order valence-corrected chi connectivity index (χ2v) is 1.86. The Hall–Kier alpha value is -0.600. The topological polar surface area (TPSA) is 33.1 Å². The number of rotatable bonds is 1. The molecule has 0 radical (unpaired) electrons. The summed E-state index contributed by atoms with van der Waals surface area (Å²) in [5.74, 6) is 0. The van der Waals surface area contributed by atoms with Crippen LogP contribution in [0.25, 0.3) is 0 Å². The van der Waals surface area contributed by atoms with Crippen LogP contribution < -0.4 is 0 Å². The maximum absolute atomic E-state index is 7.28. The van der Waals surface area contributed by atoms with Crippen molar-refractivity contribution in [3.63, 3.8) is 0 Å². The van der Waals surface area contributed by atoms with Crippen LogP contribution in [0.2, 0.25) is 0 Å². The molecule has 0 bridgehead atoms. The van der Waals surface area contributed by atoms with E-state index >= 15 is 0 Å². The molecule has 0 aromatic rings. The summed E-state index contributed by atoms with van der Waals surface area (Å²) in [6.45, 7) is 0. The van der Waals surface area contributed by atoms with Gasteiger partial charge in [0.25, 0.3) is 0 Å². The van der Waals surface area contributed by atoms with Crippen molar-refractivity contribution >= 4 is 18.1 Å². The number of methoxy groups -OCH3 is 1. The van der Waals surface area contributed by atoms with E-state index < -0.39 is 0 Å². The van der Waals surface area contributed by atoms with Crippen LogP contribution in [-0.4, -0.2) is 18.9 Å². The highest BCUT2D eigenvalue weighted by atomic mass is 35.5. The molecule has 56 valence electrons. The Morgan fingerprint density at radius 2 is 2.20 bits per heavy atom. The largest absolute Gasteiger partial charge is 0.371 e. The summed E-state index contributed by atoms with van der Waals surface area (Å²) in [5.41, 5.74) is 0.514. The van der Waals surface area contributed by atoms with Crippen molar-refractivity contribution in [2.45, 2.75) is 6.10 Å². The van der Waals surface area contributed by atoms with E-state index in [1.165, 1.54) is 0 Å². The van der Waals surface area contributed by atoms with E-state index in [0.29, 0.717) is 5.71 Å². The van der Waals surface area contributed by atoms with E-state index in [9.17, 15) is 0 Å². The Balaban J connectivity index is 0.000000810. The van der Waals surface area contributed by atoms with Crippen LogP contribution in [0.3, 0.4) is 0 Å². The number of halogens is 1. The first-order valence-corrected chi connectivity index (χ1v) is 2.80. The van der Waals surface area contributed by atoms with Gasteiger partial charge in [-0.05, 0) is 12.2 Å². The predicted molar refractivity (Wildman–Crippen MR) is 44.1 cm³/mol. The third-order valence-electron chi connectivity index (χ3n) is 1.23. The molecular formula is C7H10ClNO. The molecular weight excluding hydrogens is 150 g/mol. The first-order valence-electron chi connectivity index (χ1n) is 2.80. The molecule has 0 amide bonds. The summed E-state index contributed by atoms with van der Waals surface area (Å²) in [5, 5.41) is 7.28. The monoisotopic (exact) mass is 159 g/mol. The fourth-order valence-electron chi connectivity index (χ4n) is 0.728. The van der Waals surface area contributed by atoms with Crippen molar-refractivity contribution in [1.29, 1.82) is 5.41 Å². The highest BCUT2D eigenvalue weighted by Gasteiger charge is 2.07. The van der Waals surface area contributed by atoms with Crippen molar-refractivity contribution in [3.05, 3.63) is 24.3 Å². The molecule has 0 saturated carbocycles. The van der Waals surface area contributed by atoms with Crippen molar-refractivity contribution in [2.24, 2.45) is 0 Å². The molecule has 2 nitrogen and oxygen atoms in total. The fourth-order valence-corrected chi connectivity index (χ4v) is 0.728. The molecule has 0 aromatic heterocycles. The summed E-state index contributed by atoms with van der Waals surface area (Å²) in [6, 6.07) is 0. The van der Waals surface area contributed by atoms with E-state index in [0.717, 1.165) is 0 Å². The zero-order valence-corrected chi connectivity index (χ0v) is 6.52. The second-order valence-electron chi connectivity index (χ2n) is 1.86. The molecule has 10 heavy (non-hydrogen) atoms. The molecule has 1 rings (SSSR count). The lowest BCUT2D eigenvalue weighted by Gasteiger charge is -2.10. The number of ether oxygens (including phenoxy) is 1. The van der Waals surface area contributed by atoms with E-state index in [-0.39, 0.29) is 18.5 Å². The minimum Gasteiger partial charge on any atom is -0.371 e. The van der Waals surface area contributed by atoms with Gasteiger partial charge in [0.1, 0.15) is 6.10 Å². The van der Waals surface area contributed by atoms with Crippen LogP contribution in [-0.2, 0) is 4.74 Å². The van der Waals surface area contributed by atoms with Crippen molar-refractivity contribution in [1.82, 2.24) is 0 Å². The van der Waals surface area contributed by atoms with Gasteiger partial charge in [-0.25, -0.2) is 0 Å². The van der Waals surface area contributed by atoms with Gasteiger partial charge in [-0.2, -0.15) is 0 Å². The van der Waals surface area contributed by atoms with E-state index in [2.05, 4.69) is 0 Å². The standard InChI is InChI=1S/C7H9NO.ClH/c1-9-7-5-3-2-4-6(7)8;/h2-5,7-8H,1H3;1H. The van der Waals surface area contributed by atoms with Crippen LogP contribution >= 0.6 is 12.4 Å². The Labute approximate surface area is 66.5 Å². The zero-order chi connectivity index (χ0) is 6.69. The van der Waals surface area contributed by atoms with Gasteiger partial charge in [0, 0.05) is 7.11 Å². The predicted octanol–water partition coefficient (Wildman–Crippen LogP) is 1.57. The summed E-state index contributed by atoms with van der Waals surface area (Å²) in [6.07, 6.45) is 7.16. The molecule has 1 N–H and O–H groups in total. The van der Waals surface area contributed by atoms with Gasteiger partial charge in [0.15, 0.2) is 0 Å². The lowest BCUT2D eigenvalue weighted by molar-refractivity contribution is 0.191. The maximum atomic E-state index is 7.28. The van der Waals surface area contributed by atoms with Gasteiger partial charge in [-0.1, -0.05) is 12.2 Å². The second kappa shape index (κ2) is 4.25. The van der Waals surface area contributed by atoms with Gasteiger partial charge in [-0.3, -0.25) is 0 Å². The SMILES string of the molecule is COC1C=CC=CC1=N.Cl. The molecule has 0 fully saturated rings. The van der Waals surface area contributed by atoms with E-state index in [4.69, 9.17) is 10.1 Å². The van der Waals surface area contributed by atoms with Gasteiger partial charge in [-0.15, -0.1) is 12.4 Å². The van der Waals surface area contributed by atoms with Crippen LogP contribution in [0.1, 0.15) is 0 Å². The number of hydrogen-bond acceptors (Lipinski definition) is 2. The first-order chi connectivity index (χ1) is 4.34. The summed E-state index contributed by atoms with van der Waals surface area (Å²) >= 11 is 0. The Bertz CT molecular complexity index is 174. The molecule has 1 unspecified atom stereocenters. The fraction of sp³-hybridized carbons (Fsp3) is 0.286. The minimum atomic E-state index is -0.130. The summed E-state index contributed by atoms with van der Waals surface area (Å²) in [7, 11) is 1.60. The molecule has 0 saturated heterocycles. The first kappa shape index (κ1) is 9.40. The van der Waals surface area contributed by atoms with Crippen LogP contribution in [0.15, 0.2) is 24.3 Å². The molecule has 1 atom stereocenters. The lowest BCUT2D eigenvalue weighted by Crippen LogP contribution is -2.18. The Morgan fingerprint density at radius 1 is 1.50 bits per heavy atom. The van der Waals surface area contributed by atoms with Gasteiger partial charge in [0.05, 0.1) is 5.71 Å². The number of hydrogen-bond donors (Lipinski definition) is 1. The Kier molecular flexibility index (Phi) is 4.00. The van der Waals surface area contributed by atoms with Crippen molar-refractivity contribution < 1.29 is 4.74 Å². The third kappa shape index (κ3) is 1.97. The summed E-state index contributed by atoms with van der Waals surface area (Å²) < 4.78 is 4.94. The molecule has 0 spiro atoms. The average Bonchev–Trinajstić information content (AvgIpc) is 1.89. The van der Waals surface area contributed by atoms with Gasteiger partial charge in [0.2, 0.25) is 0 Å². The van der Waals surface area contributed by atoms with Crippen molar-refractivity contribution in [3.8, 4) is 0 Å². The summed E-state index contributed by atoms with van der Waals surface area (Å²) in [4.78, 5) is 0. The van der Waals surface area contributed by atoms with Gasteiger partial charge >= 0.3 is 0 Å². The molecule has 1 aliphatic rings. The van der Waals surface area contributed by atoms with Crippen LogP contribution in [0.5, 0.6) is 0 Å². The molecule has 3 heteroatoms. The molecule has 1 aliphatic carbocycles. The number of allylic oxidation sites excluding steroid dienone is 2. The molecule has 0 heterocycles. The highest BCUT2D eigenvalue weighted by Crippen LogP contribution is 2.01. The normalized spacial score (nSPS) is 22.5. The van der Waals surface area contributed by atoms with E-state index in [1.807, 2.05) is 18.2 Å². The third-order valence-corrected chi connectivity index (χ3v) is 1.23. The molecule has 0 aliphatic heterocycles. The maximum Gasteiger partial charge on any atom is 0.117 e. The molecule has 0 aromatic carbocycles. The number of nitrogens with one attached hydrogen (secondary N) is 1. The van der Waals surface area contributed by atoms with Gasteiger partial charge < -0.3 is 10.1 Å². The minimum absolute atomic E-state index is 0. The van der Waals surface area contributed by atoms with Crippen LogP contribution in [0.4, 0.5) is 0 Å². The smallest absolute Gasteiger partial charge is 0.117 e. The lowest BCUT2D eigenvalue weighted by atomic mass is 10.1. The van der Waals surface area contributed by atoms with Crippen LogP contribution in [0, 0.1) is 5.41 Å². The average molecular weight is 160 g/mol. The Morgan fingerprint density at radius 3 is 2.60 bits per heavy atom.